The van der Waals surface area contributed by atoms with Gasteiger partial charge >= 0.3 is 0 Å². The van der Waals surface area contributed by atoms with Crippen LogP contribution in [0.4, 0.5) is 0 Å². The molecule has 1 saturated carbocycles. The van der Waals surface area contributed by atoms with Crippen LogP contribution < -0.4 is 10.5 Å². The first-order valence-electron chi connectivity index (χ1n) is 6.29. The van der Waals surface area contributed by atoms with Crippen molar-refractivity contribution in [3.05, 3.63) is 29.3 Å². The quantitative estimate of drug-likeness (QED) is 0.868. The van der Waals surface area contributed by atoms with Crippen molar-refractivity contribution < 1.29 is 13.2 Å². The number of rotatable bonds is 4. The highest BCUT2D eigenvalue weighted by atomic mass is 32.2. The molecule has 104 valence electrons. The summed E-state index contributed by atoms with van der Waals surface area (Å²) in [5.41, 5.74) is 1.10. The first kappa shape index (κ1) is 14.0. The van der Waals surface area contributed by atoms with Crippen molar-refractivity contribution in [1.29, 1.82) is 0 Å². The van der Waals surface area contributed by atoms with Crippen molar-refractivity contribution in [3.63, 3.8) is 0 Å². The molecule has 3 N–H and O–H groups in total. The second kappa shape index (κ2) is 5.30. The Morgan fingerprint density at radius 1 is 1.42 bits per heavy atom. The molecule has 1 aliphatic carbocycles. The zero-order valence-electron chi connectivity index (χ0n) is 10.8. The number of benzene rings is 1. The molecule has 6 heteroatoms. The maximum Gasteiger partial charge on any atom is 0.251 e. The van der Waals surface area contributed by atoms with Gasteiger partial charge in [-0.2, -0.15) is 0 Å². The van der Waals surface area contributed by atoms with Crippen LogP contribution in [0.25, 0.3) is 0 Å². The van der Waals surface area contributed by atoms with Crippen LogP contribution in [0.15, 0.2) is 23.1 Å². The van der Waals surface area contributed by atoms with Crippen LogP contribution >= 0.6 is 0 Å². The number of nitrogens with one attached hydrogen (secondary N) is 1. The Morgan fingerprint density at radius 3 is 2.58 bits per heavy atom. The Morgan fingerprint density at radius 2 is 2.11 bits per heavy atom. The Bertz CT molecular complexity index is 592. The molecule has 0 spiro atoms. The SMILES string of the molecule is Cc1cc(S(N)(=O)=O)ccc1C(=O)NCC1CCC1. The van der Waals surface area contributed by atoms with E-state index in [2.05, 4.69) is 5.32 Å². The van der Waals surface area contributed by atoms with Crippen LogP contribution in [-0.4, -0.2) is 20.9 Å². The van der Waals surface area contributed by atoms with Crippen molar-refractivity contribution in [2.24, 2.45) is 11.1 Å². The van der Waals surface area contributed by atoms with E-state index in [1.165, 1.54) is 37.5 Å². The lowest BCUT2D eigenvalue weighted by atomic mass is 9.85. The summed E-state index contributed by atoms with van der Waals surface area (Å²) in [7, 11) is -3.72. The largest absolute Gasteiger partial charge is 0.352 e. The molecule has 0 aromatic heterocycles. The van der Waals surface area contributed by atoms with Crippen LogP contribution in [0.3, 0.4) is 0 Å². The van der Waals surface area contributed by atoms with Gasteiger partial charge in [0.25, 0.3) is 5.91 Å². The van der Waals surface area contributed by atoms with Gasteiger partial charge in [0.2, 0.25) is 10.0 Å². The maximum absolute atomic E-state index is 12.0. The van der Waals surface area contributed by atoms with E-state index < -0.39 is 10.0 Å². The molecule has 0 atom stereocenters. The summed E-state index contributed by atoms with van der Waals surface area (Å²) in [4.78, 5) is 12.0. The van der Waals surface area contributed by atoms with Crippen molar-refractivity contribution in [3.8, 4) is 0 Å². The average Bonchev–Trinajstić information content (AvgIpc) is 2.25. The van der Waals surface area contributed by atoms with Crippen molar-refractivity contribution in [2.75, 3.05) is 6.54 Å². The van der Waals surface area contributed by atoms with Gasteiger partial charge in [0.05, 0.1) is 4.90 Å². The fraction of sp³-hybridized carbons (Fsp3) is 0.462. The third-order valence-corrected chi connectivity index (χ3v) is 4.46. The van der Waals surface area contributed by atoms with Crippen LogP contribution in [0.2, 0.25) is 0 Å². The Kier molecular flexibility index (Phi) is 3.91. The monoisotopic (exact) mass is 282 g/mol. The molecule has 1 aliphatic rings. The number of aryl methyl sites for hydroxylation is 1. The number of hydrogen-bond acceptors (Lipinski definition) is 3. The number of carbonyl (C=O) groups excluding carboxylic acids is 1. The van der Waals surface area contributed by atoms with Gasteiger partial charge in [-0.3, -0.25) is 4.79 Å². The number of nitrogens with two attached hydrogens (primary N) is 1. The van der Waals surface area contributed by atoms with Gasteiger partial charge in [0, 0.05) is 12.1 Å². The average molecular weight is 282 g/mol. The van der Waals surface area contributed by atoms with Gasteiger partial charge in [-0.1, -0.05) is 6.42 Å². The Labute approximate surface area is 113 Å². The van der Waals surface area contributed by atoms with Crippen LogP contribution in [-0.2, 0) is 10.0 Å². The lowest BCUT2D eigenvalue weighted by Gasteiger charge is -2.25. The second-order valence-corrected chi connectivity index (χ2v) is 6.59. The molecule has 0 bridgehead atoms. The minimum absolute atomic E-state index is 0.0283. The van der Waals surface area contributed by atoms with Crippen LogP contribution in [0.5, 0.6) is 0 Å². The standard InChI is InChI=1S/C13H18N2O3S/c1-9-7-11(19(14,17)18)5-6-12(9)13(16)15-8-10-3-2-4-10/h5-7,10H,2-4,8H2,1H3,(H,15,16)(H2,14,17,18). The third kappa shape index (κ3) is 3.33. The predicted molar refractivity (Wildman–Crippen MR) is 72.2 cm³/mol. The van der Waals surface area contributed by atoms with Crippen LogP contribution in [0, 0.1) is 12.8 Å². The molecule has 0 radical (unpaired) electrons. The van der Waals surface area contributed by atoms with Gasteiger partial charge in [0.1, 0.15) is 0 Å². The summed E-state index contributed by atoms with van der Waals surface area (Å²) in [6, 6.07) is 4.29. The van der Waals surface area contributed by atoms with Crippen molar-refractivity contribution >= 4 is 15.9 Å². The molecule has 0 unspecified atom stereocenters. The third-order valence-electron chi connectivity index (χ3n) is 3.55. The lowest BCUT2D eigenvalue weighted by molar-refractivity contribution is 0.0938. The summed E-state index contributed by atoms with van der Waals surface area (Å²) in [6.07, 6.45) is 3.58. The molecule has 1 aromatic rings. The highest BCUT2D eigenvalue weighted by molar-refractivity contribution is 7.89. The Balaban J connectivity index is 2.09. The van der Waals surface area contributed by atoms with E-state index in [9.17, 15) is 13.2 Å². The van der Waals surface area contributed by atoms with E-state index in [1.54, 1.807) is 6.92 Å². The summed E-state index contributed by atoms with van der Waals surface area (Å²) in [5.74, 6) is 0.429. The normalized spacial score (nSPS) is 15.9. The predicted octanol–water partition coefficient (Wildman–Crippen LogP) is 1.17. The molecule has 0 aliphatic heterocycles. The van der Waals surface area contributed by atoms with E-state index >= 15 is 0 Å². The first-order chi connectivity index (χ1) is 8.88. The molecule has 1 amide bonds. The maximum atomic E-state index is 12.0. The summed E-state index contributed by atoms with van der Waals surface area (Å²) in [6.45, 7) is 2.39. The van der Waals surface area contributed by atoms with Gasteiger partial charge in [-0.15, -0.1) is 0 Å². The molecular weight excluding hydrogens is 264 g/mol. The fourth-order valence-electron chi connectivity index (χ4n) is 2.10. The van der Waals surface area contributed by atoms with Gasteiger partial charge < -0.3 is 5.32 Å². The minimum Gasteiger partial charge on any atom is -0.352 e. The molecule has 1 fully saturated rings. The van der Waals surface area contributed by atoms with Crippen LogP contribution in [0.1, 0.15) is 35.2 Å². The topological polar surface area (TPSA) is 89.3 Å². The number of carbonyl (C=O) groups is 1. The zero-order chi connectivity index (χ0) is 14.0. The van der Waals surface area contributed by atoms with Crippen molar-refractivity contribution in [2.45, 2.75) is 31.1 Å². The fourth-order valence-corrected chi connectivity index (χ4v) is 2.70. The van der Waals surface area contributed by atoms with Gasteiger partial charge in [-0.25, -0.2) is 13.6 Å². The molecule has 1 aromatic carbocycles. The number of sulfonamides is 1. The molecular formula is C13H18N2O3S. The lowest BCUT2D eigenvalue weighted by Crippen LogP contribution is -2.32. The molecule has 19 heavy (non-hydrogen) atoms. The van der Waals surface area contributed by atoms with E-state index in [1.807, 2.05) is 0 Å². The minimum atomic E-state index is -3.72. The highest BCUT2D eigenvalue weighted by Crippen LogP contribution is 2.25. The van der Waals surface area contributed by atoms with E-state index in [-0.39, 0.29) is 10.8 Å². The highest BCUT2D eigenvalue weighted by Gasteiger charge is 2.19. The number of amides is 1. The van der Waals surface area contributed by atoms with E-state index in [4.69, 9.17) is 5.14 Å². The summed E-state index contributed by atoms with van der Waals surface area (Å²) in [5, 5.41) is 7.93. The van der Waals surface area contributed by atoms with E-state index in [0.29, 0.717) is 23.6 Å². The summed E-state index contributed by atoms with van der Waals surface area (Å²) >= 11 is 0. The van der Waals surface area contributed by atoms with E-state index in [0.717, 1.165) is 0 Å². The smallest absolute Gasteiger partial charge is 0.251 e. The van der Waals surface area contributed by atoms with Crippen molar-refractivity contribution in [1.82, 2.24) is 5.32 Å². The molecule has 2 rings (SSSR count). The number of primary sulfonamides is 1. The Hall–Kier alpha value is -1.40. The second-order valence-electron chi connectivity index (χ2n) is 5.03. The van der Waals surface area contributed by atoms with Gasteiger partial charge in [-0.05, 0) is 49.4 Å². The molecule has 5 nitrogen and oxygen atoms in total. The molecule has 0 saturated heterocycles. The summed E-state index contributed by atoms with van der Waals surface area (Å²) < 4.78 is 22.4. The van der Waals surface area contributed by atoms with Gasteiger partial charge in [0.15, 0.2) is 0 Å². The molecule has 0 heterocycles. The zero-order valence-corrected chi connectivity index (χ0v) is 11.7. The number of hydrogen-bond donors (Lipinski definition) is 2. The first-order valence-corrected chi connectivity index (χ1v) is 7.84.